The fraction of sp³-hybridized carbons (Fsp3) is 0.588. The van der Waals surface area contributed by atoms with Gasteiger partial charge in [0.1, 0.15) is 5.52 Å². The molecule has 0 radical (unpaired) electrons. The van der Waals surface area contributed by atoms with Gasteiger partial charge in [-0.1, -0.05) is 0 Å². The molecule has 0 aromatic carbocycles. The molecule has 128 valence electrons. The number of nitrogens with one attached hydrogen (secondary N) is 1. The molecule has 24 heavy (non-hydrogen) atoms. The van der Waals surface area contributed by atoms with E-state index in [1.807, 2.05) is 10.8 Å². The zero-order valence-electron chi connectivity index (χ0n) is 14.1. The summed E-state index contributed by atoms with van der Waals surface area (Å²) in [5, 5.41) is 3.35. The van der Waals surface area contributed by atoms with Crippen molar-refractivity contribution in [3.05, 3.63) is 28.8 Å². The van der Waals surface area contributed by atoms with Crippen LogP contribution in [0.15, 0.2) is 23.3 Å². The maximum Gasteiger partial charge on any atom is 0.270 e. The van der Waals surface area contributed by atoms with E-state index in [0.29, 0.717) is 5.65 Å². The lowest BCUT2D eigenvalue weighted by atomic mass is 10.1. The van der Waals surface area contributed by atoms with Crippen LogP contribution in [0.3, 0.4) is 0 Å². The molecule has 7 nitrogen and oxygen atoms in total. The standard InChI is InChI=1S/C17H24N6O/c1-21-6-8-22(9-7-21)14-10-15-17(20-11-14)23(16(24)12-19-15)13-2-4-18-5-3-13/h10-13,18H,2-9H2,1H3. The molecular formula is C17H24N6O. The number of likely N-dealkylation sites (N-methyl/N-ethyl adjacent to an activating group) is 1. The molecule has 2 aromatic heterocycles. The van der Waals surface area contributed by atoms with Crippen molar-refractivity contribution in [3.8, 4) is 0 Å². The first-order valence-electron chi connectivity index (χ1n) is 8.74. The molecule has 0 bridgehead atoms. The van der Waals surface area contributed by atoms with Crippen LogP contribution >= 0.6 is 0 Å². The van der Waals surface area contributed by atoms with Crippen molar-refractivity contribution in [2.24, 2.45) is 0 Å². The number of aromatic nitrogens is 3. The summed E-state index contributed by atoms with van der Waals surface area (Å²) < 4.78 is 1.84. The van der Waals surface area contributed by atoms with Gasteiger partial charge in [0.2, 0.25) is 0 Å². The number of piperidine rings is 1. The molecule has 2 saturated heterocycles. The quantitative estimate of drug-likeness (QED) is 0.864. The van der Waals surface area contributed by atoms with Crippen LogP contribution in [0.4, 0.5) is 5.69 Å². The smallest absolute Gasteiger partial charge is 0.270 e. The van der Waals surface area contributed by atoms with Crippen LogP contribution in [0.2, 0.25) is 0 Å². The lowest BCUT2D eigenvalue weighted by molar-refractivity contribution is 0.313. The van der Waals surface area contributed by atoms with E-state index in [2.05, 4.69) is 38.2 Å². The third-order valence-corrected chi connectivity index (χ3v) is 5.15. The first-order chi connectivity index (χ1) is 11.7. The van der Waals surface area contributed by atoms with Gasteiger partial charge >= 0.3 is 0 Å². The molecule has 0 saturated carbocycles. The van der Waals surface area contributed by atoms with Crippen molar-refractivity contribution >= 4 is 16.9 Å². The van der Waals surface area contributed by atoms with Crippen molar-refractivity contribution in [2.75, 3.05) is 51.2 Å². The Morgan fingerprint density at radius 3 is 2.58 bits per heavy atom. The zero-order valence-corrected chi connectivity index (χ0v) is 14.1. The molecule has 4 heterocycles. The second-order valence-electron chi connectivity index (χ2n) is 6.77. The highest BCUT2D eigenvalue weighted by Gasteiger charge is 2.20. The Balaban J connectivity index is 1.70. The van der Waals surface area contributed by atoms with Gasteiger partial charge in [0.05, 0.1) is 18.1 Å². The maximum absolute atomic E-state index is 12.4. The third kappa shape index (κ3) is 2.89. The SMILES string of the molecule is CN1CCN(c2cnc3c(c2)ncc(=O)n3C2CCNCC2)CC1. The van der Waals surface area contributed by atoms with Crippen LogP contribution < -0.4 is 15.8 Å². The molecule has 2 aromatic rings. The minimum absolute atomic E-state index is 0.0470. The van der Waals surface area contributed by atoms with Crippen molar-refractivity contribution in [1.82, 2.24) is 24.8 Å². The summed E-state index contributed by atoms with van der Waals surface area (Å²) in [6.45, 7) is 6.00. The van der Waals surface area contributed by atoms with Gasteiger partial charge in [-0.15, -0.1) is 0 Å². The van der Waals surface area contributed by atoms with Crippen molar-refractivity contribution < 1.29 is 0 Å². The first-order valence-corrected chi connectivity index (χ1v) is 8.74. The van der Waals surface area contributed by atoms with E-state index in [1.54, 1.807) is 0 Å². The molecule has 2 fully saturated rings. The molecule has 2 aliphatic rings. The Morgan fingerprint density at radius 2 is 1.83 bits per heavy atom. The van der Waals surface area contributed by atoms with Gasteiger partial charge in [-0.2, -0.15) is 0 Å². The molecule has 0 spiro atoms. The van der Waals surface area contributed by atoms with Crippen LogP contribution in [0.5, 0.6) is 0 Å². The predicted molar refractivity (Wildman–Crippen MR) is 94.6 cm³/mol. The third-order valence-electron chi connectivity index (χ3n) is 5.15. The van der Waals surface area contributed by atoms with E-state index in [4.69, 9.17) is 0 Å². The number of pyridine rings is 1. The van der Waals surface area contributed by atoms with Gasteiger partial charge in [-0.25, -0.2) is 9.97 Å². The molecular weight excluding hydrogens is 304 g/mol. The zero-order chi connectivity index (χ0) is 16.5. The number of hydrogen-bond donors (Lipinski definition) is 1. The summed E-state index contributed by atoms with van der Waals surface area (Å²) in [6.07, 6.45) is 5.26. The molecule has 0 aliphatic carbocycles. The van der Waals surface area contributed by atoms with Crippen LogP contribution in [0, 0.1) is 0 Å². The number of anilines is 1. The summed E-state index contributed by atoms with van der Waals surface area (Å²) in [5.41, 5.74) is 2.57. The average molecular weight is 328 g/mol. The highest BCUT2D eigenvalue weighted by atomic mass is 16.1. The van der Waals surface area contributed by atoms with Gasteiger partial charge in [0.15, 0.2) is 5.65 Å². The minimum atomic E-state index is -0.0470. The normalized spacial score (nSPS) is 20.6. The van der Waals surface area contributed by atoms with Crippen molar-refractivity contribution in [1.29, 1.82) is 0 Å². The second-order valence-corrected chi connectivity index (χ2v) is 6.77. The van der Waals surface area contributed by atoms with Gasteiger partial charge < -0.3 is 15.1 Å². The monoisotopic (exact) mass is 328 g/mol. The molecule has 0 atom stereocenters. The number of fused-ring (bicyclic) bond motifs is 1. The van der Waals surface area contributed by atoms with Gasteiger partial charge in [-0.3, -0.25) is 9.36 Å². The summed E-state index contributed by atoms with van der Waals surface area (Å²) in [7, 11) is 2.15. The first kappa shape index (κ1) is 15.5. The van der Waals surface area contributed by atoms with Crippen molar-refractivity contribution in [3.63, 3.8) is 0 Å². The summed E-state index contributed by atoms with van der Waals surface area (Å²) in [4.78, 5) is 26.0. The highest BCUT2D eigenvalue weighted by Crippen LogP contribution is 2.23. The van der Waals surface area contributed by atoms with Crippen LogP contribution in [0.1, 0.15) is 18.9 Å². The number of rotatable bonds is 2. The molecule has 0 unspecified atom stereocenters. The van der Waals surface area contributed by atoms with Crippen LogP contribution in [0.25, 0.3) is 11.2 Å². The maximum atomic E-state index is 12.4. The Kier molecular flexibility index (Phi) is 4.20. The number of piperazine rings is 1. The molecule has 0 amide bonds. The van der Waals surface area contributed by atoms with Crippen molar-refractivity contribution in [2.45, 2.75) is 18.9 Å². The fourth-order valence-corrected chi connectivity index (χ4v) is 3.66. The number of hydrogen-bond acceptors (Lipinski definition) is 6. The van der Waals surface area contributed by atoms with E-state index in [-0.39, 0.29) is 11.6 Å². The van der Waals surface area contributed by atoms with Gasteiger partial charge in [0.25, 0.3) is 5.56 Å². The van der Waals surface area contributed by atoms with Crippen LogP contribution in [-0.4, -0.2) is 65.8 Å². The molecule has 1 N–H and O–H groups in total. The Hall–Kier alpha value is -1.99. The van der Waals surface area contributed by atoms with E-state index >= 15 is 0 Å². The summed E-state index contributed by atoms with van der Waals surface area (Å²) >= 11 is 0. The topological polar surface area (TPSA) is 66.3 Å². The summed E-state index contributed by atoms with van der Waals surface area (Å²) in [6, 6.07) is 2.29. The Bertz CT molecular complexity index is 774. The highest BCUT2D eigenvalue weighted by molar-refractivity contribution is 5.74. The average Bonchev–Trinajstić information content (AvgIpc) is 2.63. The van der Waals surface area contributed by atoms with Crippen LogP contribution in [-0.2, 0) is 0 Å². The van der Waals surface area contributed by atoms with E-state index in [9.17, 15) is 4.79 Å². The predicted octanol–water partition coefficient (Wildman–Crippen LogP) is 0.468. The second kappa shape index (κ2) is 6.49. The van der Waals surface area contributed by atoms with E-state index in [1.165, 1.54) is 6.20 Å². The lowest BCUT2D eigenvalue weighted by Crippen LogP contribution is -2.44. The molecule has 7 heteroatoms. The fourth-order valence-electron chi connectivity index (χ4n) is 3.66. The largest absolute Gasteiger partial charge is 0.368 e. The minimum Gasteiger partial charge on any atom is -0.368 e. The van der Waals surface area contributed by atoms with E-state index in [0.717, 1.165) is 63.3 Å². The molecule has 2 aliphatic heterocycles. The summed E-state index contributed by atoms with van der Waals surface area (Å²) in [5.74, 6) is 0. The van der Waals surface area contributed by atoms with Gasteiger partial charge in [0, 0.05) is 32.2 Å². The Morgan fingerprint density at radius 1 is 1.08 bits per heavy atom. The van der Waals surface area contributed by atoms with Gasteiger partial charge in [-0.05, 0) is 39.0 Å². The lowest BCUT2D eigenvalue weighted by Gasteiger charge is -2.34. The van der Waals surface area contributed by atoms with E-state index < -0.39 is 0 Å². The molecule has 4 rings (SSSR count). The Labute approximate surface area is 141 Å². The number of nitrogens with zero attached hydrogens (tertiary/aromatic N) is 5.